The van der Waals surface area contributed by atoms with Gasteiger partial charge in [0.1, 0.15) is 13.2 Å². The Hall–Kier alpha value is -3.53. The van der Waals surface area contributed by atoms with E-state index in [0.717, 1.165) is 27.6 Å². The summed E-state index contributed by atoms with van der Waals surface area (Å²) in [6.45, 7) is 9.56. The molecule has 1 aliphatic rings. The van der Waals surface area contributed by atoms with Crippen molar-refractivity contribution < 1.29 is 14.3 Å². The predicted octanol–water partition coefficient (Wildman–Crippen LogP) is 7.19. The highest BCUT2D eigenvalue weighted by Gasteiger charge is 2.68. The second kappa shape index (κ2) is 8.35. The van der Waals surface area contributed by atoms with E-state index in [4.69, 9.17) is 9.47 Å². The van der Waals surface area contributed by atoms with E-state index in [1.807, 2.05) is 79.0 Å². The number of H-pyrrole nitrogens is 1. The van der Waals surface area contributed by atoms with Gasteiger partial charge in [0.2, 0.25) is 0 Å². The average molecular weight is 454 g/mol. The number of aromatic amines is 1. The smallest absolute Gasteiger partial charge is 0.169 e. The molecule has 5 rings (SSSR count). The first-order chi connectivity index (χ1) is 16.3. The van der Waals surface area contributed by atoms with Gasteiger partial charge in [-0.15, -0.1) is 0 Å². The molecule has 0 unspecified atom stereocenters. The van der Waals surface area contributed by atoms with Crippen LogP contribution in [0.5, 0.6) is 11.5 Å². The Labute approximate surface area is 200 Å². The minimum atomic E-state index is -0.0148. The van der Waals surface area contributed by atoms with Gasteiger partial charge >= 0.3 is 0 Å². The third-order valence-electron chi connectivity index (χ3n) is 7.77. The van der Waals surface area contributed by atoms with Crippen molar-refractivity contribution in [3.63, 3.8) is 0 Å². The van der Waals surface area contributed by atoms with Crippen molar-refractivity contribution in [3.8, 4) is 11.5 Å². The van der Waals surface area contributed by atoms with Crippen LogP contribution in [0.4, 0.5) is 0 Å². The van der Waals surface area contributed by atoms with Crippen LogP contribution >= 0.6 is 0 Å². The van der Waals surface area contributed by atoms with Gasteiger partial charge in [0.25, 0.3) is 0 Å². The molecular formula is C30H31NO3. The lowest BCUT2D eigenvalue weighted by atomic mass is 10.0. The van der Waals surface area contributed by atoms with E-state index in [1.54, 1.807) is 0 Å². The highest BCUT2D eigenvalue weighted by atomic mass is 16.5. The Kier molecular flexibility index (Phi) is 5.47. The van der Waals surface area contributed by atoms with Crippen LogP contribution in [0.2, 0.25) is 0 Å². The van der Waals surface area contributed by atoms with Crippen molar-refractivity contribution in [1.29, 1.82) is 0 Å². The van der Waals surface area contributed by atoms with Crippen LogP contribution in [0.1, 0.15) is 49.2 Å². The molecule has 0 amide bonds. The highest BCUT2D eigenvalue weighted by molar-refractivity contribution is 6.11. The van der Waals surface area contributed by atoms with E-state index >= 15 is 0 Å². The fourth-order valence-corrected chi connectivity index (χ4v) is 5.04. The van der Waals surface area contributed by atoms with Gasteiger partial charge in [-0.05, 0) is 28.0 Å². The van der Waals surface area contributed by atoms with Crippen molar-refractivity contribution in [2.75, 3.05) is 0 Å². The van der Waals surface area contributed by atoms with Crippen molar-refractivity contribution in [3.05, 3.63) is 95.7 Å². The van der Waals surface area contributed by atoms with Crippen LogP contribution in [-0.4, -0.2) is 10.8 Å². The zero-order valence-electron chi connectivity index (χ0n) is 20.2. The Bertz CT molecular complexity index is 1310. The molecule has 4 heteroatoms. The summed E-state index contributed by atoms with van der Waals surface area (Å²) in [5.74, 6) is 1.48. The van der Waals surface area contributed by atoms with E-state index in [9.17, 15) is 4.79 Å². The monoisotopic (exact) mass is 453 g/mol. The predicted molar refractivity (Wildman–Crippen MR) is 135 cm³/mol. The van der Waals surface area contributed by atoms with Crippen LogP contribution in [0.15, 0.2) is 79.0 Å². The SMILES string of the molecule is CC1(C)C(C(=O)c2c[nH]c3cc(OCc4ccccc4)c(OCc4ccccc4)cc23)C1(C)C. The van der Waals surface area contributed by atoms with E-state index in [0.29, 0.717) is 24.7 Å². The number of fused-ring (bicyclic) bond motifs is 1. The van der Waals surface area contributed by atoms with Crippen LogP contribution in [0, 0.1) is 16.7 Å². The molecule has 1 aromatic heterocycles. The van der Waals surface area contributed by atoms with Gasteiger partial charge < -0.3 is 14.5 Å². The maximum atomic E-state index is 13.5. The number of carbonyl (C=O) groups is 1. The molecule has 0 aliphatic heterocycles. The highest BCUT2D eigenvalue weighted by Crippen LogP contribution is 2.69. The summed E-state index contributed by atoms with van der Waals surface area (Å²) in [7, 11) is 0. The van der Waals surface area contributed by atoms with Gasteiger partial charge in [0.05, 0.1) is 5.52 Å². The molecule has 34 heavy (non-hydrogen) atoms. The first kappa shape index (κ1) is 22.3. The maximum absolute atomic E-state index is 13.5. The van der Waals surface area contributed by atoms with Crippen molar-refractivity contribution >= 4 is 16.7 Å². The summed E-state index contributed by atoms with van der Waals surface area (Å²) in [5.41, 5.74) is 3.71. The molecule has 1 saturated carbocycles. The molecule has 1 N–H and O–H groups in total. The lowest BCUT2D eigenvalue weighted by Gasteiger charge is -2.14. The fraction of sp³-hybridized carbons (Fsp3) is 0.300. The topological polar surface area (TPSA) is 51.3 Å². The molecule has 1 fully saturated rings. The van der Waals surface area contributed by atoms with E-state index in [1.165, 1.54) is 0 Å². The van der Waals surface area contributed by atoms with Gasteiger partial charge in [-0.2, -0.15) is 0 Å². The standard InChI is InChI=1S/C30H31NO3/c1-29(2)28(30(29,3)4)27(32)23-17-31-24-16-26(34-19-21-13-9-6-10-14-21)25(15-22(23)24)33-18-20-11-7-5-8-12-20/h5-17,28,31H,18-19H2,1-4H3. The number of ether oxygens (including phenoxy) is 2. The number of Topliss-reactive ketones (excluding diaryl/α,β-unsaturated/α-hetero) is 1. The number of ketones is 1. The van der Waals surface area contributed by atoms with Gasteiger partial charge in [-0.25, -0.2) is 0 Å². The van der Waals surface area contributed by atoms with Crippen LogP contribution < -0.4 is 9.47 Å². The van der Waals surface area contributed by atoms with E-state index < -0.39 is 0 Å². The second-order valence-corrected chi connectivity index (χ2v) is 10.3. The maximum Gasteiger partial charge on any atom is 0.169 e. The molecule has 174 valence electrons. The summed E-state index contributed by atoms with van der Waals surface area (Å²) < 4.78 is 12.4. The summed E-state index contributed by atoms with van der Waals surface area (Å²) >= 11 is 0. The molecule has 1 aliphatic carbocycles. The molecule has 1 heterocycles. The van der Waals surface area contributed by atoms with Crippen molar-refractivity contribution in [1.82, 2.24) is 4.98 Å². The van der Waals surface area contributed by atoms with Crippen molar-refractivity contribution in [2.24, 2.45) is 16.7 Å². The normalized spacial score (nSPS) is 16.4. The van der Waals surface area contributed by atoms with Crippen molar-refractivity contribution in [2.45, 2.75) is 40.9 Å². The lowest BCUT2D eigenvalue weighted by Crippen LogP contribution is -2.07. The number of aromatic nitrogens is 1. The van der Waals surface area contributed by atoms with Gasteiger partial charge in [-0.3, -0.25) is 4.79 Å². The molecule has 4 nitrogen and oxygen atoms in total. The Balaban J connectivity index is 1.48. The molecule has 3 aromatic carbocycles. The molecule has 4 aromatic rings. The van der Waals surface area contributed by atoms with Crippen LogP contribution in [-0.2, 0) is 13.2 Å². The summed E-state index contributed by atoms with van der Waals surface area (Å²) in [6, 6.07) is 24.0. The number of benzene rings is 3. The Morgan fingerprint density at radius 3 is 1.79 bits per heavy atom. The second-order valence-electron chi connectivity index (χ2n) is 10.3. The number of nitrogens with one attached hydrogen (secondary N) is 1. The summed E-state index contributed by atoms with van der Waals surface area (Å²) in [4.78, 5) is 16.8. The first-order valence-corrected chi connectivity index (χ1v) is 11.8. The molecule has 0 saturated heterocycles. The summed E-state index contributed by atoms with van der Waals surface area (Å²) in [5, 5.41) is 0.874. The summed E-state index contributed by atoms with van der Waals surface area (Å²) in [6.07, 6.45) is 1.83. The van der Waals surface area contributed by atoms with E-state index in [2.05, 4.69) is 32.7 Å². The van der Waals surface area contributed by atoms with Gasteiger partial charge in [0, 0.05) is 29.1 Å². The zero-order chi connectivity index (χ0) is 23.9. The lowest BCUT2D eigenvalue weighted by molar-refractivity contribution is 0.0947. The Morgan fingerprint density at radius 2 is 1.29 bits per heavy atom. The fourth-order valence-electron chi connectivity index (χ4n) is 5.04. The third kappa shape index (κ3) is 3.87. The quantitative estimate of drug-likeness (QED) is 0.287. The molecule has 0 radical (unpaired) electrons. The largest absolute Gasteiger partial charge is 0.485 e. The number of carbonyl (C=O) groups excluding carboxylic acids is 1. The molecular weight excluding hydrogens is 422 g/mol. The molecule has 0 bridgehead atoms. The Morgan fingerprint density at radius 1 is 0.794 bits per heavy atom. The van der Waals surface area contributed by atoms with Gasteiger partial charge in [0.15, 0.2) is 17.3 Å². The van der Waals surface area contributed by atoms with Gasteiger partial charge in [-0.1, -0.05) is 88.4 Å². The average Bonchev–Trinajstić information content (AvgIpc) is 3.10. The number of hydrogen-bond acceptors (Lipinski definition) is 3. The zero-order valence-corrected chi connectivity index (χ0v) is 20.2. The molecule has 0 atom stereocenters. The molecule has 0 spiro atoms. The van der Waals surface area contributed by atoms with Crippen LogP contribution in [0.25, 0.3) is 10.9 Å². The minimum Gasteiger partial charge on any atom is -0.485 e. The third-order valence-corrected chi connectivity index (χ3v) is 7.77. The van der Waals surface area contributed by atoms with Crippen LogP contribution in [0.3, 0.4) is 0 Å². The number of hydrogen-bond donors (Lipinski definition) is 1. The minimum absolute atomic E-state index is 0.00157. The first-order valence-electron chi connectivity index (χ1n) is 11.8. The number of rotatable bonds is 8. The van der Waals surface area contributed by atoms with E-state index in [-0.39, 0.29) is 22.5 Å².